The van der Waals surface area contributed by atoms with Crippen LogP contribution in [0.15, 0.2) is 35.7 Å². The molecule has 4 radical (unpaired) electrons. The van der Waals surface area contributed by atoms with Crippen molar-refractivity contribution in [2.24, 2.45) is 0 Å². The minimum Gasteiger partial charge on any atom is -0.497 e. The van der Waals surface area contributed by atoms with Gasteiger partial charge in [-0.2, -0.15) is 0 Å². The maximum Gasteiger partial charge on any atom is 0.128 e. The summed E-state index contributed by atoms with van der Waals surface area (Å²) in [5, 5.41) is 2.08. The van der Waals surface area contributed by atoms with Gasteiger partial charge in [-0.1, -0.05) is 32.3 Å². The monoisotopic (exact) mass is 312 g/mol. The lowest BCUT2D eigenvalue weighted by molar-refractivity contribution is 0.305. The van der Waals surface area contributed by atoms with Gasteiger partial charge in [-0.3, -0.25) is 0 Å². The Morgan fingerprint density at radius 1 is 1.09 bits per heavy atom. The molecule has 0 N–H and O–H groups in total. The quantitative estimate of drug-likeness (QED) is 0.523. The number of unbranched alkanes of at least 4 members (excludes halogenated alkanes) is 3. The Morgan fingerprint density at radius 2 is 1.91 bits per heavy atom. The lowest BCUT2D eigenvalue weighted by Crippen LogP contribution is -1.99. The predicted octanol–water partition coefficient (Wildman–Crippen LogP) is 4.62. The van der Waals surface area contributed by atoms with E-state index in [1.54, 1.807) is 18.4 Å². The van der Waals surface area contributed by atoms with E-state index in [2.05, 4.69) is 39.9 Å². The number of methoxy groups -OCH3 is 1. The molecule has 0 aliphatic rings. The van der Waals surface area contributed by atoms with Crippen LogP contribution in [-0.4, -0.2) is 29.2 Å². The van der Waals surface area contributed by atoms with Gasteiger partial charge in [-0.15, -0.1) is 11.3 Å². The number of hydrogen-bond donors (Lipinski definition) is 0. The van der Waals surface area contributed by atoms with Gasteiger partial charge in [0.1, 0.15) is 11.5 Å². The molecule has 2 aromatic rings. The molecule has 1 aromatic carbocycles. The molecule has 0 spiro atoms. The first-order chi connectivity index (χ1) is 10.8. The molecule has 0 aliphatic heterocycles. The predicted molar refractivity (Wildman–Crippen MR) is 97.5 cm³/mol. The van der Waals surface area contributed by atoms with Crippen LogP contribution in [0.5, 0.6) is 11.5 Å². The Hall–Kier alpha value is -1.35. The highest BCUT2D eigenvalue weighted by molar-refractivity contribution is 7.13. The number of thiophene rings is 1. The summed E-state index contributed by atoms with van der Waals surface area (Å²) in [6.45, 7) is 3.00. The topological polar surface area (TPSA) is 18.5 Å². The Balaban J connectivity index is 0.00000116. The third kappa shape index (κ3) is 5.80. The van der Waals surface area contributed by atoms with Crippen LogP contribution in [0, 0.1) is 0 Å². The fourth-order valence-corrected chi connectivity index (χ4v) is 2.84. The Bertz CT molecular complexity index is 515. The summed E-state index contributed by atoms with van der Waals surface area (Å²) in [5.41, 5.74) is 1.12. The van der Waals surface area contributed by atoms with Crippen molar-refractivity contribution in [1.82, 2.24) is 0 Å². The normalized spacial score (nSPS) is 9.73. The molecule has 0 amide bonds. The number of benzene rings is 1. The molecule has 2 rings (SSSR count). The van der Waals surface area contributed by atoms with E-state index in [1.165, 1.54) is 24.1 Å². The average molecular weight is 312 g/mol. The molecule has 0 fully saturated rings. The summed E-state index contributed by atoms with van der Waals surface area (Å²) < 4.78 is 11.3. The van der Waals surface area contributed by atoms with Gasteiger partial charge in [0.2, 0.25) is 0 Å². The molecule has 1 heterocycles. The van der Waals surface area contributed by atoms with Crippen LogP contribution in [0.4, 0.5) is 0 Å². The molecule has 5 heteroatoms. The summed E-state index contributed by atoms with van der Waals surface area (Å²) in [6.07, 6.45) is 4.89. The zero-order valence-electron chi connectivity index (χ0n) is 13.4. The van der Waals surface area contributed by atoms with Gasteiger partial charge in [0.25, 0.3) is 0 Å². The maximum absolute atomic E-state index is 5.96. The van der Waals surface area contributed by atoms with Crippen molar-refractivity contribution < 1.29 is 9.47 Å². The first-order valence-corrected chi connectivity index (χ1v) is 8.41. The minimum absolute atomic E-state index is 0.782. The molecule has 22 heavy (non-hydrogen) atoms. The molecule has 0 aliphatic carbocycles. The second kappa shape index (κ2) is 11.2. The van der Waals surface area contributed by atoms with Crippen LogP contribution >= 0.6 is 11.3 Å². The Kier molecular flexibility index (Phi) is 9.56. The van der Waals surface area contributed by atoms with Crippen LogP contribution in [0.3, 0.4) is 0 Å². The minimum atomic E-state index is 0.782. The van der Waals surface area contributed by atoms with Crippen molar-refractivity contribution in [3.63, 3.8) is 0 Å². The molecular formula is C17H22B2O2S. The first kappa shape index (κ1) is 18.7. The van der Waals surface area contributed by atoms with Crippen LogP contribution in [-0.2, 0) is 0 Å². The number of hydrogen-bond acceptors (Lipinski definition) is 3. The molecule has 0 bridgehead atoms. The van der Waals surface area contributed by atoms with Gasteiger partial charge in [0.15, 0.2) is 0 Å². The molecule has 0 saturated carbocycles. The maximum atomic E-state index is 5.96. The van der Waals surface area contributed by atoms with Crippen LogP contribution in [0.2, 0.25) is 0 Å². The number of ether oxygens (including phenoxy) is 2. The van der Waals surface area contributed by atoms with Gasteiger partial charge >= 0.3 is 0 Å². The van der Waals surface area contributed by atoms with Crippen molar-refractivity contribution in [2.45, 2.75) is 32.6 Å². The van der Waals surface area contributed by atoms with E-state index in [1.807, 2.05) is 18.2 Å². The highest BCUT2D eigenvalue weighted by atomic mass is 32.1. The van der Waals surface area contributed by atoms with Crippen molar-refractivity contribution in [3.05, 3.63) is 35.7 Å². The molecular weight excluding hydrogens is 290 g/mol. The average Bonchev–Trinajstić information content (AvgIpc) is 3.11. The van der Waals surface area contributed by atoms with Crippen molar-refractivity contribution >= 4 is 26.8 Å². The zero-order chi connectivity index (χ0) is 16.2. The van der Waals surface area contributed by atoms with E-state index in [-0.39, 0.29) is 0 Å². The summed E-state index contributed by atoms with van der Waals surface area (Å²) in [4.78, 5) is 1.22. The Labute approximate surface area is 140 Å². The molecule has 1 aromatic heterocycles. The fourth-order valence-electron chi connectivity index (χ4n) is 2.10. The zero-order valence-corrected chi connectivity index (χ0v) is 14.2. The Morgan fingerprint density at radius 3 is 2.55 bits per heavy atom. The SMILES string of the molecule is CCCCCCOc1ccc(OC)cc1-c1cccs1.[B][B]. The summed E-state index contributed by atoms with van der Waals surface area (Å²) in [7, 11) is 9.69. The van der Waals surface area contributed by atoms with Gasteiger partial charge < -0.3 is 9.47 Å². The standard InChI is InChI=1S/C17H22O2S.B2/c1-3-4-5-6-11-19-16-10-9-14(18-2)13-15(16)17-8-7-12-20-17;1-2/h7-10,12-13H,3-6,11H2,1-2H3;. The highest BCUT2D eigenvalue weighted by Gasteiger charge is 2.09. The third-order valence-corrected chi connectivity index (χ3v) is 4.13. The smallest absolute Gasteiger partial charge is 0.128 e. The van der Waals surface area contributed by atoms with Crippen molar-refractivity contribution in [1.29, 1.82) is 0 Å². The van der Waals surface area contributed by atoms with Gasteiger partial charge in [0.05, 0.1) is 13.7 Å². The van der Waals surface area contributed by atoms with Crippen LogP contribution < -0.4 is 9.47 Å². The summed E-state index contributed by atoms with van der Waals surface area (Å²) in [5.74, 6) is 1.82. The van der Waals surface area contributed by atoms with Crippen LogP contribution in [0.1, 0.15) is 32.6 Å². The number of rotatable bonds is 8. The summed E-state index contributed by atoms with van der Waals surface area (Å²) in [6, 6.07) is 10.2. The second-order valence-corrected chi connectivity index (χ2v) is 5.70. The third-order valence-electron chi connectivity index (χ3n) is 3.23. The molecule has 0 unspecified atom stereocenters. The first-order valence-electron chi connectivity index (χ1n) is 7.53. The van der Waals surface area contributed by atoms with E-state index in [0.29, 0.717) is 0 Å². The van der Waals surface area contributed by atoms with E-state index >= 15 is 0 Å². The lowest BCUT2D eigenvalue weighted by Gasteiger charge is -2.12. The highest BCUT2D eigenvalue weighted by Crippen LogP contribution is 2.36. The molecule has 0 atom stereocenters. The van der Waals surface area contributed by atoms with Gasteiger partial charge in [-0.05, 0) is 36.1 Å². The van der Waals surface area contributed by atoms with Gasteiger partial charge in [-0.25, -0.2) is 0 Å². The second-order valence-electron chi connectivity index (χ2n) is 4.75. The molecule has 2 nitrogen and oxygen atoms in total. The fraction of sp³-hybridized carbons (Fsp3) is 0.412. The molecule has 114 valence electrons. The largest absolute Gasteiger partial charge is 0.497 e. The van der Waals surface area contributed by atoms with E-state index in [4.69, 9.17) is 9.47 Å². The molecule has 0 saturated heterocycles. The van der Waals surface area contributed by atoms with E-state index < -0.39 is 0 Å². The van der Waals surface area contributed by atoms with E-state index in [0.717, 1.165) is 30.1 Å². The van der Waals surface area contributed by atoms with Crippen LogP contribution in [0.25, 0.3) is 10.4 Å². The summed E-state index contributed by atoms with van der Waals surface area (Å²) >= 11 is 1.72. The van der Waals surface area contributed by atoms with Crippen molar-refractivity contribution in [2.75, 3.05) is 13.7 Å². The van der Waals surface area contributed by atoms with Gasteiger partial charge in [0, 0.05) is 25.9 Å². The lowest BCUT2D eigenvalue weighted by atomic mass is 9.81. The van der Waals surface area contributed by atoms with Crippen molar-refractivity contribution in [3.8, 4) is 21.9 Å². The van der Waals surface area contributed by atoms with E-state index in [9.17, 15) is 0 Å².